The van der Waals surface area contributed by atoms with E-state index in [9.17, 15) is 9.59 Å². The predicted octanol–water partition coefficient (Wildman–Crippen LogP) is 3.96. The van der Waals surface area contributed by atoms with Crippen LogP contribution in [-0.4, -0.2) is 11.8 Å². The van der Waals surface area contributed by atoms with Gasteiger partial charge in [0.1, 0.15) is 5.58 Å². The normalized spacial score (nSPS) is 13.8. The van der Waals surface area contributed by atoms with E-state index in [-0.39, 0.29) is 17.6 Å². The fourth-order valence-electron chi connectivity index (χ4n) is 2.54. The van der Waals surface area contributed by atoms with Gasteiger partial charge in [0.15, 0.2) is 5.76 Å². The van der Waals surface area contributed by atoms with E-state index in [0.717, 1.165) is 23.8 Å². The van der Waals surface area contributed by atoms with Gasteiger partial charge in [-0.25, -0.2) is 0 Å². The zero-order chi connectivity index (χ0) is 17.2. The van der Waals surface area contributed by atoms with E-state index in [1.54, 1.807) is 23.1 Å². The fraction of sp³-hybridized carbons (Fsp3) is 0.222. The standard InChI is InChI=1S/C18H16N2O3S2/c21-17(11-7-8-11)19-20-18(22)16-13(10-25-15-6-3-9-24-15)12-4-1-2-5-14(12)23-16/h1-6,9,11H,7-8,10H2,(H,19,21)(H,20,22). The molecule has 0 unspecified atom stereocenters. The van der Waals surface area contributed by atoms with Crippen LogP contribution in [0.2, 0.25) is 0 Å². The van der Waals surface area contributed by atoms with Crippen LogP contribution in [0.5, 0.6) is 0 Å². The molecule has 1 saturated carbocycles. The van der Waals surface area contributed by atoms with Crippen molar-refractivity contribution in [2.24, 2.45) is 5.92 Å². The summed E-state index contributed by atoms with van der Waals surface area (Å²) in [6, 6.07) is 11.6. The van der Waals surface area contributed by atoms with E-state index in [2.05, 4.69) is 10.9 Å². The molecule has 0 bridgehead atoms. The van der Waals surface area contributed by atoms with Gasteiger partial charge in [-0.2, -0.15) is 0 Å². The summed E-state index contributed by atoms with van der Waals surface area (Å²) in [5.41, 5.74) is 6.47. The second-order valence-electron chi connectivity index (χ2n) is 5.84. The number of nitrogens with one attached hydrogen (secondary N) is 2. The van der Waals surface area contributed by atoms with Crippen molar-refractivity contribution in [2.45, 2.75) is 22.8 Å². The maximum atomic E-state index is 12.5. The van der Waals surface area contributed by atoms with Crippen molar-refractivity contribution in [3.63, 3.8) is 0 Å². The first kappa shape index (κ1) is 16.2. The monoisotopic (exact) mass is 372 g/mol. The summed E-state index contributed by atoms with van der Waals surface area (Å²) in [6.45, 7) is 0. The molecule has 1 aromatic carbocycles. The van der Waals surface area contributed by atoms with Crippen molar-refractivity contribution in [3.8, 4) is 0 Å². The molecule has 2 heterocycles. The van der Waals surface area contributed by atoms with Gasteiger partial charge in [0.05, 0.1) is 4.21 Å². The fourth-order valence-corrected chi connectivity index (χ4v) is 4.35. The minimum Gasteiger partial charge on any atom is -0.451 e. The van der Waals surface area contributed by atoms with Crippen LogP contribution in [-0.2, 0) is 10.5 Å². The molecule has 0 radical (unpaired) electrons. The van der Waals surface area contributed by atoms with Gasteiger partial charge in [-0.05, 0) is 30.4 Å². The van der Waals surface area contributed by atoms with Crippen LogP contribution in [0.25, 0.3) is 11.0 Å². The maximum absolute atomic E-state index is 12.5. The van der Waals surface area contributed by atoms with Crippen molar-refractivity contribution < 1.29 is 14.0 Å². The molecule has 1 fully saturated rings. The Morgan fingerprint density at radius 1 is 1.16 bits per heavy atom. The van der Waals surface area contributed by atoms with Crippen LogP contribution in [0.3, 0.4) is 0 Å². The Morgan fingerprint density at radius 3 is 2.76 bits per heavy atom. The molecule has 0 saturated heterocycles. The molecule has 25 heavy (non-hydrogen) atoms. The largest absolute Gasteiger partial charge is 0.451 e. The lowest BCUT2D eigenvalue weighted by molar-refractivity contribution is -0.123. The average Bonchev–Trinajstić information content (AvgIpc) is 3.23. The smallest absolute Gasteiger partial charge is 0.305 e. The first-order chi connectivity index (χ1) is 12.2. The third-order valence-electron chi connectivity index (χ3n) is 4.01. The Balaban J connectivity index is 1.56. The molecule has 1 aliphatic rings. The lowest BCUT2D eigenvalue weighted by Gasteiger charge is -2.06. The summed E-state index contributed by atoms with van der Waals surface area (Å²) in [5.74, 6) is 0.341. The summed E-state index contributed by atoms with van der Waals surface area (Å²) in [6.07, 6.45) is 1.77. The Morgan fingerprint density at radius 2 is 2.00 bits per heavy atom. The van der Waals surface area contributed by atoms with Gasteiger partial charge >= 0.3 is 5.91 Å². The Labute approximate surface area is 152 Å². The second kappa shape index (κ2) is 6.93. The predicted molar refractivity (Wildman–Crippen MR) is 98.4 cm³/mol. The summed E-state index contributed by atoms with van der Waals surface area (Å²) in [5, 5.41) is 2.95. The molecule has 4 rings (SSSR count). The Hall–Kier alpha value is -2.25. The van der Waals surface area contributed by atoms with Gasteiger partial charge in [-0.15, -0.1) is 23.1 Å². The highest BCUT2D eigenvalue weighted by molar-refractivity contribution is 8.00. The van der Waals surface area contributed by atoms with E-state index in [4.69, 9.17) is 4.42 Å². The number of fused-ring (bicyclic) bond motifs is 1. The number of hydrazine groups is 1. The molecule has 1 aliphatic carbocycles. The van der Waals surface area contributed by atoms with Crippen molar-refractivity contribution >= 4 is 45.9 Å². The van der Waals surface area contributed by atoms with Crippen molar-refractivity contribution in [1.29, 1.82) is 0 Å². The average molecular weight is 372 g/mol. The number of hydrogen-bond acceptors (Lipinski definition) is 5. The molecule has 2 N–H and O–H groups in total. The third-order valence-corrected chi connectivity index (χ3v) is 6.16. The van der Waals surface area contributed by atoms with E-state index >= 15 is 0 Å². The number of furan rings is 1. The van der Waals surface area contributed by atoms with Gasteiger partial charge in [-0.1, -0.05) is 24.3 Å². The number of hydrogen-bond donors (Lipinski definition) is 2. The summed E-state index contributed by atoms with van der Waals surface area (Å²) < 4.78 is 6.95. The zero-order valence-electron chi connectivity index (χ0n) is 13.3. The highest BCUT2D eigenvalue weighted by Crippen LogP contribution is 2.33. The molecule has 3 aromatic rings. The molecule has 5 nitrogen and oxygen atoms in total. The number of thioether (sulfide) groups is 1. The van der Waals surface area contributed by atoms with Crippen LogP contribution in [0.4, 0.5) is 0 Å². The SMILES string of the molecule is O=C(NNC(=O)C1CC1)c1oc2ccccc2c1CSc1cccs1. The Kier molecular flexibility index (Phi) is 4.50. The number of thiophene rings is 1. The molecular weight excluding hydrogens is 356 g/mol. The maximum Gasteiger partial charge on any atom is 0.305 e. The van der Waals surface area contributed by atoms with Gasteiger partial charge in [-0.3, -0.25) is 20.4 Å². The molecule has 2 amide bonds. The van der Waals surface area contributed by atoms with Gasteiger partial charge in [0.25, 0.3) is 0 Å². The summed E-state index contributed by atoms with van der Waals surface area (Å²) in [4.78, 5) is 24.2. The highest BCUT2D eigenvalue weighted by atomic mass is 32.2. The zero-order valence-corrected chi connectivity index (χ0v) is 14.9. The van der Waals surface area contributed by atoms with Crippen molar-refractivity contribution in [3.05, 3.63) is 53.1 Å². The van der Waals surface area contributed by atoms with E-state index in [1.165, 1.54) is 4.21 Å². The van der Waals surface area contributed by atoms with Crippen molar-refractivity contribution in [1.82, 2.24) is 10.9 Å². The molecule has 0 aliphatic heterocycles. The lowest BCUT2D eigenvalue weighted by Crippen LogP contribution is -2.42. The van der Waals surface area contributed by atoms with Crippen LogP contribution in [0.1, 0.15) is 29.0 Å². The van der Waals surface area contributed by atoms with Crippen LogP contribution >= 0.6 is 23.1 Å². The van der Waals surface area contributed by atoms with E-state index in [1.807, 2.05) is 41.8 Å². The number of benzene rings is 1. The molecule has 7 heteroatoms. The first-order valence-electron chi connectivity index (χ1n) is 7.99. The second-order valence-corrected chi connectivity index (χ2v) is 8.07. The molecule has 0 atom stereocenters. The number of para-hydroxylation sites is 1. The molecule has 2 aromatic heterocycles. The molecular formula is C18H16N2O3S2. The van der Waals surface area contributed by atoms with Gasteiger partial charge in [0.2, 0.25) is 5.91 Å². The quantitative estimate of drug-likeness (QED) is 0.525. The number of rotatable bonds is 5. The summed E-state index contributed by atoms with van der Waals surface area (Å²) in [7, 11) is 0. The highest BCUT2D eigenvalue weighted by Gasteiger charge is 2.30. The van der Waals surface area contributed by atoms with Gasteiger partial charge < -0.3 is 4.42 Å². The van der Waals surface area contributed by atoms with Crippen LogP contribution < -0.4 is 10.9 Å². The number of carbonyl (C=O) groups is 2. The van der Waals surface area contributed by atoms with Crippen LogP contribution in [0, 0.1) is 5.92 Å². The van der Waals surface area contributed by atoms with Crippen LogP contribution in [0.15, 0.2) is 50.4 Å². The minimum absolute atomic E-state index is 0.0322. The summed E-state index contributed by atoms with van der Waals surface area (Å²) >= 11 is 3.33. The minimum atomic E-state index is -0.424. The molecule has 0 spiro atoms. The topological polar surface area (TPSA) is 71.3 Å². The first-order valence-corrected chi connectivity index (χ1v) is 9.86. The lowest BCUT2D eigenvalue weighted by atomic mass is 10.1. The molecule has 128 valence electrons. The Bertz CT molecular complexity index is 914. The van der Waals surface area contributed by atoms with Gasteiger partial charge in [0, 0.05) is 22.6 Å². The van der Waals surface area contributed by atoms with Crippen molar-refractivity contribution in [2.75, 3.05) is 0 Å². The number of carbonyl (C=O) groups excluding carboxylic acids is 2. The van der Waals surface area contributed by atoms with E-state index < -0.39 is 5.91 Å². The van der Waals surface area contributed by atoms with E-state index in [0.29, 0.717) is 11.3 Å². The third kappa shape index (κ3) is 3.57. The number of amides is 2.